The quantitative estimate of drug-likeness (QED) is 0.217. The number of ether oxygens (including phenoxy) is 2. The van der Waals surface area contributed by atoms with E-state index >= 15 is 0 Å². The summed E-state index contributed by atoms with van der Waals surface area (Å²) in [6, 6.07) is 27.1. The van der Waals surface area contributed by atoms with Crippen LogP contribution >= 0.6 is 0 Å². The van der Waals surface area contributed by atoms with Crippen LogP contribution in [0.3, 0.4) is 0 Å². The number of anilines is 1. The lowest BCUT2D eigenvalue weighted by atomic mass is 9.68. The van der Waals surface area contributed by atoms with Crippen molar-refractivity contribution in [2.45, 2.75) is 39.5 Å². The minimum Gasteiger partial charge on any atom is -0.490 e. The van der Waals surface area contributed by atoms with Gasteiger partial charge < -0.3 is 14.8 Å². The maximum absolute atomic E-state index is 13.7. The number of benzene rings is 4. The molecule has 0 amide bonds. The average Bonchev–Trinajstić information content (AvgIpc) is 2.93. The first-order valence-corrected chi connectivity index (χ1v) is 13.4. The van der Waals surface area contributed by atoms with Crippen LogP contribution in [0.25, 0.3) is 10.8 Å². The lowest BCUT2D eigenvalue weighted by molar-refractivity contribution is -0.118. The Hall–Kier alpha value is -4.38. The van der Waals surface area contributed by atoms with E-state index in [4.69, 9.17) is 9.47 Å². The molecule has 0 spiro atoms. The van der Waals surface area contributed by atoms with Crippen molar-refractivity contribution in [2.24, 2.45) is 5.41 Å². The zero-order valence-electron chi connectivity index (χ0n) is 22.4. The molecular weight excluding hydrogens is 486 g/mol. The van der Waals surface area contributed by atoms with Crippen molar-refractivity contribution in [3.63, 3.8) is 0 Å². The maximum Gasteiger partial charge on any atom is 0.343 e. The smallest absolute Gasteiger partial charge is 0.343 e. The zero-order valence-corrected chi connectivity index (χ0v) is 22.4. The number of carbonyl (C=O) groups excluding carboxylic acids is 2. The number of ketones is 1. The number of Topliss-reactive ketones (excluding diaryl/α,β-unsaturated/α-hetero) is 1. The molecule has 0 saturated carbocycles. The molecule has 5 heteroatoms. The highest BCUT2D eigenvalue weighted by molar-refractivity contribution is 6.05. The highest BCUT2D eigenvalue weighted by atomic mass is 16.6. The van der Waals surface area contributed by atoms with Crippen LogP contribution in [0, 0.1) is 5.41 Å². The fourth-order valence-electron chi connectivity index (χ4n) is 5.89. The summed E-state index contributed by atoms with van der Waals surface area (Å²) >= 11 is 0. The van der Waals surface area contributed by atoms with Crippen molar-refractivity contribution in [1.29, 1.82) is 0 Å². The third-order valence-electron chi connectivity index (χ3n) is 7.57. The summed E-state index contributed by atoms with van der Waals surface area (Å²) in [6.07, 6.45) is 1.29. The van der Waals surface area contributed by atoms with Gasteiger partial charge in [0, 0.05) is 29.0 Å². The summed E-state index contributed by atoms with van der Waals surface area (Å²) in [5.74, 6) is 0.286. The molecule has 196 valence electrons. The largest absolute Gasteiger partial charge is 0.490 e. The number of carbonyl (C=O) groups is 2. The monoisotopic (exact) mass is 517 g/mol. The molecule has 1 aliphatic heterocycles. The molecule has 1 aliphatic carbocycles. The fraction of sp³-hybridized carbons (Fsp3) is 0.235. The van der Waals surface area contributed by atoms with Crippen LogP contribution in [-0.2, 0) is 4.79 Å². The molecular formula is C34H31NO4. The third-order valence-corrected chi connectivity index (χ3v) is 7.57. The average molecular weight is 518 g/mol. The van der Waals surface area contributed by atoms with E-state index in [1.807, 2.05) is 37.3 Å². The summed E-state index contributed by atoms with van der Waals surface area (Å²) in [4.78, 5) is 26.5. The first kappa shape index (κ1) is 24.9. The van der Waals surface area contributed by atoms with Crippen LogP contribution in [0.1, 0.15) is 61.0 Å². The van der Waals surface area contributed by atoms with Gasteiger partial charge in [-0.3, -0.25) is 4.79 Å². The molecule has 0 aromatic heterocycles. The van der Waals surface area contributed by atoms with Gasteiger partial charge in [0.05, 0.1) is 17.9 Å². The maximum atomic E-state index is 13.7. The van der Waals surface area contributed by atoms with Gasteiger partial charge in [0.15, 0.2) is 17.3 Å². The van der Waals surface area contributed by atoms with Gasteiger partial charge in [0.1, 0.15) is 0 Å². The Morgan fingerprint density at radius 2 is 1.69 bits per heavy atom. The zero-order chi connectivity index (χ0) is 27.1. The summed E-state index contributed by atoms with van der Waals surface area (Å²) in [6.45, 7) is 6.60. The van der Waals surface area contributed by atoms with E-state index in [1.165, 1.54) is 0 Å². The van der Waals surface area contributed by atoms with E-state index in [-0.39, 0.29) is 17.1 Å². The third kappa shape index (κ3) is 4.59. The van der Waals surface area contributed by atoms with Crippen molar-refractivity contribution in [2.75, 3.05) is 11.9 Å². The van der Waals surface area contributed by atoms with E-state index in [2.05, 4.69) is 43.4 Å². The molecule has 0 fully saturated rings. The highest BCUT2D eigenvalue weighted by Crippen LogP contribution is 2.51. The Labute approximate surface area is 228 Å². The van der Waals surface area contributed by atoms with Crippen molar-refractivity contribution < 1.29 is 19.1 Å². The number of fused-ring (bicyclic) bond motifs is 3. The Bertz CT molecular complexity index is 1630. The topological polar surface area (TPSA) is 64.6 Å². The fourth-order valence-corrected chi connectivity index (χ4v) is 5.89. The molecule has 6 rings (SSSR count). The first-order chi connectivity index (χ1) is 18.8. The molecule has 1 N–H and O–H groups in total. The normalized spacial score (nSPS) is 17.7. The van der Waals surface area contributed by atoms with Gasteiger partial charge >= 0.3 is 5.97 Å². The van der Waals surface area contributed by atoms with Crippen LogP contribution in [0.2, 0.25) is 0 Å². The first-order valence-electron chi connectivity index (χ1n) is 13.4. The molecule has 0 bridgehead atoms. The van der Waals surface area contributed by atoms with Crippen LogP contribution < -0.4 is 14.8 Å². The van der Waals surface area contributed by atoms with Crippen molar-refractivity contribution in [1.82, 2.24) is 0 Å². The minimum atomic E-state index is -0.447. The number of hydrogen-bond donors (Lipinski definition) is 1. The van der Waals surface area contributed by atoms with Gasteiger partial charge in [0.2, 0.25) is 0 Å². The van der Waals surface area contributed by atoms with E-state index in [0.717, 1.165) is 45.3 Å². The molecule has 0 saturated heterocycles. The number of allylic oxidation sites excluding steroid dienone is 2. The summed E-state index contributed by atoms with van der Waals surface area (Å²) < 4.78 is 11.7. The van der Waals surface area contributed by atoms with E-state index in [1.54, 1.807) is 30.3 Å². The van der Waals surface area contributed by atoms with Gasteiger partial charge in [-0.15, -0.1) is 0 Å². The van der Waals surface area contributed by atoms with Gasteiger partial charge in [-0.05, 0) is 59.5 Å². The molecule has 4 aromatic carbocycles. The SMILES string of the molecule is CCOc1cc(C2C3=C(CC(C)(C)CC3=O)Nc3c2ccc2ccccc32)ccc1OC(=O)c1ccccc1. The molecule has 1 heterocycles. The number of hydrogen-bond acceptors (Lipinski definition) is 5. The second kappa shape index (κ2) is 9.73. The van der Waals surface area contributed by atoms with Crippen LogP contribution in [0.4, 0.5) is 5.69 Å². The van der Waals surface area contributed by atoms with Crippen LogP contribution in [0.15, 0.2) is 96.2 Å². The Balaban J connectivity index is 1.48. The molecule has 5 nitrogen and oxygen atoms in total. The molecule has 1 unspecified atom stereocenters. The highest BCUT2D eigenvalue weighted by Gasteiger charge is 2.41. The van der Waals surface area contributed by atoms with Crippen molar-refractivity contribution in [3.8, 4) is 11.5 Å². The lowest BCUT2D eigenvalue weighted by Crippen LogP contribution is -2.33. The van der Waals surface area contributed by atoms with Crippen molar-refractivity contribution in [3.05, 3.63) is 113 Å². The van der Waals surface area contributed by atoms with Gasteiger partial charge in [0.25, 0.3) is 0 Å². The molecule has 2 aliphatic rings. The Kier molecular flexibility index (Phi) is 6.22. The summed E-state index contributed by atoms with van der Waals surface area (Å²) in [7, 11) is 0. The van der Waals surface area contributed by atoms with Gasteiger partial charge in [-0.2, -0.15) is 0 Å². The summed E-state index contributed by atoms with van der Waals surface area (Å²) in [5.41, 5.74) is 5.17. The van der Waals surface area contributed by atoms with E-state index in [0.29, 0.717) is 30.1 Å². The molecule has 4 aromatic rings. The number of nitrogens with one attached hydrogen (secondary N) is 1. The predicted molar refractivity (Wildman–Crippen MR) is 153 cm³/mol. The molecule has 1 atom stereocenters. The summed E-state index contributed by atoms with van der Waals surface area (Å²) in [5, 5.41) is 5.95. The Morgan fingerprint density at radius 1 is 0.923 bits per heavy atom. The predicted octanol–water partition coefficient (Wildman–Crippen LogP) is 7.66. The molecule has 39 heavy (non-hydrogen) atoms. The van der Waals surface area contributed by atoms with E-state index < -0.39 is 5.97 Å². The van der Waals surface area contributed by atoms with Crippen molar-refractivity contribution >= 4 is 28.2 Å². The van der Waals surface area contributed by atoms with Gasteiger partial charge in [-0.25, -0.2) is 4.79 Å². The lowest BCUT2D eigenvalue weighted by Gasteiger charge is -2.40. The van der Waals surface area contributed by atoms with E-state index in [9.17, 15) is 9.59 Å². The number of rotatable bonds is 5. The minimum absolute atomic E-state index is 0.123. The van der Waals surface area contributed by atoms with Crippen LogP contribution in [-0.4, -0.2) is 18.4 Å². The second-order valence-corrected chi connectivity index (χ2v) is 11.0. The number of esters is 1. The second-order valence-electron chi connectivity index (χ2n) is 11.0. The Morgan fingerprint density at radius 3 is 2.49 bits per heavy atom. The van der Waals surface area contributed by atoms with Gasteiger partial charge in [-0.1, -0.05) is 74.5 Å². The standard InChI is InChI=1S/C34H31NO4/c1-4-38-29-18-23(15-17-28(29)39-33(37)22-11-6-5-7-12-22)30-25-16-14-21-10-8-9-13-24(21)32(25)35-26-19-34(2,3)20-27(36)31(26)30/h5-18,30,35H,4,19-20H2,1-3H3. The molecule has 0 radical (unpaired) electrons. The van der Waals surface area contributed by atoms with Crippen LogP contribution in [0.5, 0.6) is 11.5 Å².